The van der Waals surface area contributed by atoms with Crippen LogP contribution in [0.15, 0.2) is 46.2 Å². The minimum absolute atomic E-state index is 0.0234. The van der Waals surface area contributed by atoms with Crippen molar-refractivity contribution in [2.24, 2.45) is 10.9 Å². The fraction of sp³-hybridized carbons (Fsp3) is 0.267. The van der Waals surface area contributed by atoms with E-state index in [1.807, 2.05) is 31.2 Å². The Morgan fingerprint density at radius 1 is 1.48 bits per heavy atom. The molecule has 2 rings (SSSR count). The van der Waals surface area contributed by atoms with E-state index in [1.165, 1.54) is 0 Å². The van der Waals surface area contributed by atoms with E-state index in [1.54, 1.807) is 19.4 Å². The molecule has 0 aliphatic carbocycles. The fourth-order valence-corrected chi connectivity index (χ4v) is 2.02. The number of methoxy groups -OCH3 is 1. The molecule has 1 atom stereocenters. The molecule has 112 valence electrons. The summed E-state index contributed by atoms with van der Waals surface area (Å²) >= 11 is 0. The molecule has 1 aromatic heterocycles. The zero-order valence-electron chi connectivity index (χ0n) is 12.0. The normalized spacial score (nSPS) is 13.1. The third-order valence-corrected chi connectivity index (χ3v) is 3.23. The molecule has 0 saturated heterocycles. The molecule has 21 heavy (non-hydrogen) atoms. The monoisotopic (exact) mass is 289 g/mol. The maximum Gasteiger partial charge on any atom is 0.173 e. The van der Waals surface area contributed by atoms with Crippen molar-refractivity contribution in [3.63, 3.8) is 0 Å². The van der Waals surface area contributed by atoms with Gasteiger partial charge in [-0.25, -0.2) is 0 Å². The van der Waals surface area contributed by atoms with E-state index in [2.05, 4.69) is 10.5 Å². The zero-order valence-corrected chi connectivity index (χ0v) is 12.0. The van der Waals surface area contributed by atoms with Gasteiger partial charge in [0.05, 0.1) is 25.0 Å². The summed E-state index contributed by atoms with van der Waals surface area (Å²) in [6, 6.07) is 9.42. The van der Waals surface area contributed by atoms with Gasteiger partial charge < -0.3 is 25.4 Å². The van der Waals surface area contributed by atoms with E-state index in [0.717, 1.165) is 11.3 Å². The minimum atomic E-state index is 0.0234. The second kappa shape index (κ2) is 6.81. The number of hydrogen-bond acceptors (Lipinski definition) is 5. The van der Waals surface area contributed by atoms with Crippen LogP contribution < -0.4 is 15.8 Å². The van der Waals surface area contributed by atoms with Gasteiger partial charge in [0.25, 0.3) is 0 Å². The molecular weight excluding hydrogens is 270 g/mol. The lowest BCUT2D eigenvalue weighted by molar-refractivity contribution is 0.318. The van der Waals surface area contributed by atoms with Gasteiger partial charge in [-0.2, -0.15) is 0 Å². The highest BCUT2D eigenvalue weighted by molar-refractivity contribution is 5.99. The minimum Gasteiger partial charge on any atom is -0.496 e. The Labute approximate surface area is 123 Å². The summed E-state index contributed by atoms with van der Waals surface area (Å²) in [4.78, 5) is 0. The predicted molar refractivity (Wildman–Crippen MR) is 79.5 cm³/mol. The van der Waals surface area contributed by atoms with Crippen LogP contribution in [0.5, 0.6) is 5.75 Å². The van der Waals surface area contributed by atoms with Crippen molar-refractivity contribution >= 4 is 5.84 Å². The van der Waals surface area contributed by atoms with Crippen molar-refractivity contribution in [2.75, 3.05) is 7.11 Å². The highest BCUT2D eigenvalue weighted by Gasteiger charge is 2.11. The van der Waals surface area contributed by atoms with Gasteiger partial charge in [0, 0.05) is 6.54 Å². The van der Waals surface area contributed by atoms with E-state index < -0.39 is 0 Å². The maximum absolute atomic E-state index is 8.74. The van der Waals surface area contributed by atoms with Crippen LogP contribution >= 0.6 is 0 Å². The fourth-order valence-electron chi connectivity index (χ4n) is 2.02. The standard InChI is InChI=1S/C15H19N3O3/c1-10(13-4-3-7-21-13)17-9-11-5-6-12(15(16)18-19)14(8-11)20-2/h3-8,10,17,19H,9H2,1-2H3,(H2,16,18)/t10-/m0/s1. The largest absolute Gasteiger partial charge is 0.496 e. The number of amidine groups is 1. The predicted octanol–water partition coefficient (Wildman–Crippen LogP) is 2.23. The summed E-state index contributed by atoms with van der Waals surface area (Å²) in [5.74, 6) is 1.47. The summed E-state index contributed by atoms with van der Waals surface area (Å²) < 4.78 is 10.6. The van der Waals surface area contributed by atoms with Gasteiger partial charge in [0.2, 0.25) is 0 Å². The van der Waals surface area contributed by atoms with Crippen molar-refractivity contribution < 1.29 is 14.4 Å². The van der Waals surface area contributed by atoms with Gasteiger partial charge in [-0.3, -0.25) is 0 Å². The number of nitrogens with two attached hydrogens (primary N) is 1. The van der Waals surface area contributed by atoms with Gasteiger partial charge in [0.1, 0.15) is 11.5 Å². The van der Waals surface area contributed by atoms with Gasteiger partial charge in [0.15, 0.2) is 5.84 Å². The molecular formula is C15H19N3O3. The average molecular weight is 289 g/mol. The van der Waals surface area contributed by atoms with Gasteiger partial charge >= 0.3 is 0 Å². The molecule has 0 aliphatic heterocycles. The molecule has 0 bridgehead atoms. The molecule has 6 nitrogen and oxygen atoms in total. The lowest BCUT2D eigenvalue weighted by Gasteiger charge is -2.13. The molecule has 1 aromatic carbocycles. The molecule has 0 saturated carbocycles. The first-order valence-corrected chi connectivity index (χ1v) is 6.57. The van der Waals surface area contributed by atoms with Crippen LogP contribution in [0.3, 0.4) is 0 Å². The Balaban J connectivity index is 2.07. The molecule has 0 radical (unpaired) electrons. The second-order valence-electron chi connectivity index (χ2n) is 4.64. The van der Waals surface area contributed by atoms with Crippen LogP contribution in [0.25, 0.3) is 0 Å². The van der Waals surface area contributed by atoms with Crippen LogP contribution in [0.1, 0.15) is 29.9 Å². The number of oxime groups is 1. The summed E-state index contributed by atoms with van der Waals surface area (Å²) in [7, 11) is 1.55. The van der Waals surface area contributed by atoms with Crippen molar-refractivity contribution in [3.05, 3.63) is 53.5 Å². The Bertz CT molecular complexity index is 609. The molecule has 2 aromatic rings. The number of benzene rings is 1. The van der Waals surface area contributed by atoms with Crippen molar-refractivity contribution in [3.8, 4) is 5.75 Å². The van der Waals surface area contributed by atoms with Gasteiger partial charge in [-0.15, -0.1) is 0 Å². The lowest BCUT2D eigenvalue weighted by atomic mass is 10.1. The molecule has 0 aliphatic rings. The number of furan rings is 1. The number of rotatable bonds is 6. The van der Waals surface area contributed by atoms with E-state index in [0.29, 0.717) is 17.9 Å². The SMILES string of the molecule is COc1cc(CN[C@@H](C)c2ccco2)ccc1/C(N)=N/O. The van der Waals surface area contributed by atoms with E-state index in [4.69, 9.17) is 20.1 Å². The topological polar surface area (TPSA) is 93.0 Å². The Morgan fingerprint density at radius 2 is 2.29 bits per heavy atom. The number of ether oxygens (including phenoxy) is 1. The van der Waals surface area contributed by atoms with Gasteiger partial charge in [-0.1, -0.05) is 11.2 Å². The van der Waals surface area contributed by atoms with Crippen molar-refractivity contribution in [1.82, 2.24) is 5.32 Å². The summed E-state index contributed by atoms with van der Waals surface area (Å²) in [6.45, 7) is 2.68. The second-order valence-corrected chi connectivity index (χ2v) is 4.64. The molecule has 0 fully saturated rings. The summed E-state index contributed by atoms with van der Waals surface area (Å²) in [5.41, 5.74) is 7.18. The lowest BCUT2D eigenvalue weighted by Crippen LogP contribution is -2.18. The highest BCUT2D eigenvalue weighted by Crippen LogP contribution is 2.21. The Morgan fingerprint density at radius 3 is 2.90 bits per heavy atom. The Kier molecular flexibility index (Phi) is 4.84. The molecule has 1 heterocycles. The van der Waals surface area contributed by atoms with Crippen LogP contribution in [0, 0.1) is 0 Å². The van der Waals surface area contributed by atoms with Gasteiger partial charge in [-0.05, 0) is 36.8 Å². The molecule has 6 heteroatoms. The highest BCUT2D eigenvalue weighted by atomic mass is 16.5. The molecule has 4 N–H and O–H groups in total. The summed E-state index contributed by atoms with van der Waals surface area (Å²) in [5, 5.41) is 15.1. The molecule has 0 unspecified atom stereocenters. The van der Waals surface area contributed by atoms with E-state index >= 15 is 0 Å². The van der Waals surface area contributed by atoms with Crippen LogP contribution in [0.4, 0.5) is 0 Å². The van der Waals surface area contributed by atoms with E-state index in [9.17, 15) is 0 Å². The molecule has 0 amide bonds. The van der Waals surface area contributed by atoms with Crippen LogP contribution in [-0.2, 0) is 6.54 Å². The maximum atomic E-state index is 8.74. The van der Waals surface area contributed by atoms with E-state index in [-0.39, 0.29) is 11.9 Å². The number of hydrogen-bond donors (Lipinski definition) is 3. The first kappa shape index (κ1) is 14.9. The average Bonchev–Trinajstić information content (AvgIpc) is 3.06. The smallest absolute Gasteiger partial charge is 0.173 e. The number of nitrogens with one attached hydrogen (secondary N) is 1. The first-order chi connectivity index (χ1) is 10.2. The zero-order chi connectivity index (χ0) is 15.2. The quantitative estimate of drug-likeness (QED) is 0.328. The summed E-state index contributed by atoms with van der Waals surface area (Å²) in [6.07, 6.45) is 1.66. The van der Waals surface area contributed by atoms with Crippen molar-refractivity contribution in [2.45, 2.75) is 19.5 Å². The first-order valence-electron chi connectivity index (χ1n) is 6.57. The third-order valence-electron chi connectivity index (χ3n) is 3.23. The number of nitrogens with zero attached hydrogens (tertiary/aromatic N) is 1. The van der Waals surface area contributed by atoms with Crippen molar-refractivity contribution in [1.29, 1.82) is 0 Å². The van der Waals surface area contributed by atoms with Crippen LogP contribution in [-0.4, -0.2) is 18.2 Å². The van der Waals surface area contributed by atoms with Crippen LogP contribution in [0.2, 0.25) is 0 Å². The molecule has 0 spiro atoms. The Hall–Kier alpha value is -2.47. The third kappa shape index (κ3) is 3.55.